The number of carbonyl (C=O) groups excluding carboxylic acids is 2. The van der Waals surface area contributed by atoms with Crippen LogP contribution in [0.1, 0.15) is 35.8 Å². The quantitative estimate of drug-likeness (QED) is 0.285. The number of rotatable bonds is 6. The SMILES string of the molecule is C.CCNc1ccc(C#CC#Cc2ccc(C(=O)N[C@@H](CN)C(=O)NO)cc2)cc1. The van der Waals surface area contributed by atoms with Gasteiger partial charge in [-0.3, -0.25) is 14.8 Å². The number of nitrogens with two attached hydrogens (primary N) is 1. The van der Waals surface area contributed by atoms with E-state index in [1.54, 1.807) is 24.3 Å². The summed E-state index contributed by atoms with van der Waals surface area (Å²) in [6.45, 7) is 2.76. The fraction of sp³-hybridized carbons (Fsp3) is 0.217. The van der Waals surface area contributed by atoms with E-state index in [0.29, 0.717) is 11.1 Å². The Bertz CT molecular complexity index is 962. The molecule has 0 aliphatic rings. The van der Waals surface area contributed by atoms with Gasteiger partial charge in [-0.15, -0.1) is 0 Å². The summed E-state index contributed by atoms with van der Waals surface area (Å²) in [6.07, 6.45) is 0. The molecule has 2 aromatic carbocycles. The third-order valence-corrected chi connectivity index (χ3v) is 3.86. The number of carbonyl (C=O) groups is 2. The summed E-state index contributed by atoms with van der Waals surface area (Å²) in [5, 5.41) is 14.3. The van der Waals surface area contributed by atoms with E-state index in [1.807, 2.05) is 31.2 Å². The van der Waals surface area contributed by atoms with E-state index in [9.17, 15) is 9.59 Å². The van der Waals surface area contributed by atoms with Gasteiger partial charge in [-0.1, -0.05) is 19.3 Å². The first-order valence-corrected chi connectivity index (χ1v) is 8.98. The predicted octanol–water partition coefficient (Wildman–Crippen LogP) is 1.72. The second-order valence-electron chi connectivity index (χ2n) is 5.92. The lowest BCUT2D eigenvalue weighted by molar-refractivity contribution is -0.130. The van der Waals surface area contributed by atoms with Crippen LogP contribution in [0.2, 0.25) is 0 Å². The highest BCUT2D eigenvalue weighted by atomic mass is 16.5. The lowest BCUT2D eigenvalue weighted by Crippen LogP contribution is -2.50. The lowest BCUT2D eigenvalue weighted by atomic mass is 10.1. The van der Waals surface area contributed by atoms with Crippen LogP contribution >= 0.6 is 0 Å². The number of anilines is 1. The van der Waals surface area contributed by atoms with Crippen molar-refractivity contribution in [2.45, 2.75) is 20.4 Å². The fourth-order valence-corrected chi connectivity index (χ4v) is 2.34. The Kier molecular flexibility index (Phi) is 10.2. The lowest BCUT2D eigenvalue weighted by Gasteiger charge is -2.14. The van der Waals surface area contributed by atoms with Crippen molar-refractivity contribution >= 4 is 17.5 Å². The third kappa shape index (κ3) is 7.33. The molecule has 0 fully saturated rings. The van der Waals surface area contributed by atoms with Crippen LogP contribution in [0.4, 0.5) is 5.69 Å². The van der Waals surface area contributed by atoms with E-state index in [2.05, 4.69) is 34.3 Å². The molecule has 0 saturated heterocycles. The Hall–Kier alpha value is -3.78. The molecule has 0 spiro atoms. The highest BCUT2D eigenvalue weighted by Gasteiger charge is 2.19. The van der Waals surface area contributed by atoms with Crippen LogP contribution in [0, 0.1) is 23.7 Å². The van der Waals surface area contributed by atoms with Crippen LogP contribution in [0.3, 0.4) is 0 Å². The van der Waals surface area contributed by atoms with Gasteiger partial charge in [0.15, 0.2) is 0 Å². The van der Waals surface area contributed by atoms with Gasteiger partial charge in [-0.25, -0.2) is 5.48 Å². The Labute approximate surface area is 177 Å². The largest absolute Gasteiger partial charge is 0.385 e. The van der Waals surface area contributed by atoms with Crippen molar-refractivity contribution in [3.8, 4) is 23.7 Å². The number of hydroxylamine groups is 1. The summed E-state index contributed by atoms with van der Waals surface area (Å²) in [6, 6.07) is 13.3. The smallest absolute Gasteiger partial charge is 0.267 e. The molecular weight excluding hydrogens is 380 g/mol. The standard InChI is InChI=1S/C22H22N4O3.CH4/c1-2-24-19-13-9-17(10-14-19)6-4-3-5-16-7-11-18(12-8-16)21(27)25-20(15-23)22(28)26-29;/h7-14,20,24,29H,2,15,23H2,1H3,(H,25,27)(H,26,28);1H4/t20-;/m0./s1. The zero-order valence-corrected chi connectivity index (χ0v) is 16.0. The Morgan fingerprint density at radius 1 is 1.00 bits per heavy atom. The minimum Gasteiger partial charge on any atom is -0.385 e. The van der Waals surface area contributed by atoms with Crippen molar-refractivity contribution in [2.24, 2.45) is 5.73 Å². The molecule has 0 aliphatic heterocycles. The van der Waals surface area contributed by atoms with Gasteiger partial charge in [0.2, 0.25) is 0 Å². The van der Waals surface area contributed by atoms with Gasteiger partial charge in [0.1, 0.15) is 6.04 Å². The predicted molar refractivity (Wildman–Crippen MR) is 118 cm³/mol. The molecule has 7 nitrogen and oxygen atoms in total. The van der Waals surface area contributed by atoms with Crippen LogP contribution in [0.25, 0.3) is 0 Å². The second kappa shape index (κ2) is 12.6. The Morgan fingerprint density at radius 3 is 2.00 bits per heavy atom. The van der Waals surface area contributed by atoms with E-state index in [4.69, 9.17) is 10.9 Å². The van der Waals surface area contributed by atoms with Crippen LogP contribution in [-0.2, 0) is 4.79 Å². The maximum absolute atomic E-state index is 12.1. The van der Waals surface area contributed by atoms with Gasteiger partial charge in [0, 0.05) is 35.5 Å². The van der Waals surface area contributed by atoms with E-state index >= 15 is 0 Å². The molecule has 0 aliphatic carbocycles. The van der Waals surface area contributed by atoms with Crippen LogP contribution in [-0.4, -0.2) is 36.2 Å². The zero-order valence-electron chi connectivity index (χ0n) is 16.0. The van der Waals surface area contributed by atoms with Crippen LogP contribution in [0.15, 0.2) is 48.5 Å². The van der Waals surface area contributed by atoms with Crippen molar-refractivity contribution in [1.82, 2.24) is 10.8 Å². The van der Waals surface area contributed by atoms with Gasteiger partial charge >= 0.3 is 0 Å². The minimum absolute atomic E-state index is 0. The van der Waals surface area contributed by atoms with Crippen LogP contribution < -0.4 is 21.8 Å². The molecule has 2 rings (SSSR count). The molecule has 2 aromatic rings. The number of nitrogens with one attached hydrogen (secondary N) is 3. The first kappa shape index (κ1) is 24.3. The van der Waals surface area contributed by atoms with Crippen molar-refractivity contribution in [3.05, 3.63) is 65.2 Å². The molecule has 1 atom stereocenters. The highest BCUT2D eigenvalue weighted by molar-refractivity contribution is 5.97. The highest BCUT2D eigenvalue weighted by Crippen LogP contribution is 2.08. The molecule has 0 saturated carbocycles. The van der Waals surface area contributed by atoms with Gasteiger partial charge in [0.25, 0.3) is 11.8 Å². The molecule has 7 heteroatoms. The number of hydrogen-bond donors (Lipinski definition) is 5. The van der Waals surface area contributed by atoms with Gasteiger partial charge in [0.05, 0.1) is 0 Å². The van der Waals surface area contributed by atoms with Crippen molar-refractivity contribution in [3.63, 3.8) is 0 Å². The molecule has 0 aromatic heterocycles. The van der Waals surface area contributed by atoms with E-state index in [1.165, 1.54) is 5.48 Å². The Morgan fingerprint density at radius 2 is 1.53 bits per heavy atom. The van der Waals surface area contributed by atoms with E-state index < -0.39 is 17.9 Å². The zero-order chi connectivity index (χ0) is 21.1. The number of amides is 2. The molecule has 2 amide bonds. The number of hydrogen-bond acceptors (Lipinski definition) is 5. The molecule has 0 bridgehead atoms. The van der Waals surface area contributed by atoms with Crippen LogP contribution in [0.5, 0.6) is 0 Å². The van der Waals surface area contributed by atoms with Gasteiger partial charge < -0.3 is 16.4 Å². The van der Waals surface area contributed by atoms with Gasteiger partial charge in [-0.05, 0) is 67.3 Å². The third-order valence-electron chi connectivity index (χ3n) is 3.86. The monoisotopic (exact) mass is 406 g/mol. The molecule has 6 N–H and O–H groups in total. The second-order valence-corrected chi connectivity index (χ2v) is 5.92. The Balaban J connectivity index is 0.00000450. The van der Waals surface area contributed by atoms with Crippen molar-refractivity contribution in [2.75, 3.05) is 18.4 Å². The summed E-state index contributed by atoms with van der Waals surface area (Å²) in [7, 11) is 0. The maximum atomic E-state index is 12.1. The van der Waals surface area contributed by atoms with Crippen molar-refractivity contribution < 1.29 is 14.8 Å². The molecule has 0 unspecified atom stereocenters. The normalized spacial score (nSPS) is 10.1. The average molecular weight is 406 g/mol. The summed E-state index contributed by atoms with van der Waals surface area (Å²) >= 11 is 0. The summed E-state index contributed by atoms with van der Waals surface area (Å²) in [5.74, 6) is 10.2. The summed E-state index contributed by atoms with van der Waals surface area (Å²) < 4.78 is 0. The topological polar surface area (TPSA) is 116 Å². The minimum atomic E-state index is -1.02. The molecule has 0 radical (unpaired) electrons. The summed E-state index contributed by atoms with van der Waals surface area (Å²) in [4.78, 5) is 23.5. The average Bonchev–Trinajstić information content (AvgIpc) is 2.76. The van der Waals surface area contributed by atoms with Gasteiger partial charge in [-0.2, -0.15) is 0 Å². The van der Waals surface area contributed by atoms with E-state index in [0.717, 1.165) is 17.8 Å². The van der Waals surface area contributed by atoms with E-state index in [-0.39, 0.29) is 14.0 Å². The first-order chi connectivity index (χ1) is 14.1. The molecule has 30 heavy (non-hydrogen) atoms. The summed E-state index contributed by atoms with van der Waals surface area (Å²) in [5.41, 5.74) is 9.82. The first-order valence-electron chi connectivity index (χ1n) is 8.98. The molecular formula is C23H26N4O3. The number of benzene rings is 2. The fourth-order valence-electron chi connectivity index (χ4n) is 2.34. The molecule has 156 valence electrons. The maximum Gasteiger partial charge on any atom is 0.267 e. The van der Waals surface area contributed by atoms with Crippen molar-refractivity contribution in [1.29, 1.82) is 0 Å². The molecule has 0 heterocycles.